The van der Waals surface area contributed by atoms with Crippen LogP contribution < -0.4 is 10.1 Å². The van der Waals surface area contributed by atoms with Gasteiger partial charge in [-0.3, -0.25) is 4.79 Å². The average molecular weight is 466 g/mol. The Labute approximate surface area is 197 Å². The quantitative estimate of drug-likeness (QED) is 0.622. The van der Waals surface area contributed by atoms with Crippen molar-refractivity contribution < 1.29 is 18.3 Å². The Bertz CT molecular complexity index is 1260. The number of methoxy groups -OCH3 is 1. The molecule has 3 aromatic heterocycles. The first-order valence-electron chi connectivity index (χ1n) is 11.5. The summed E-state index contributed by atoms with van der Waals surface area (Å²) in [5, 5.41) is 3.64. The fraction of sp³-hybridized carbons (Fsp3) is 0.440. The van der Waals surface area contributed by atoms with E-state index in [-0.39, 0.29) is 11.4 Å². The van der Waals surface area contributed by atoms with E-state index in [0.717, 1.165) is 53.8 Å². The molecule has 8 nitrogen and oxygen atoms in total. The summed E-state index contributed by atoms with van der Waals surface area (Å²) in [5.74, 6) is 0.549. The van der Waals surface area contributed by atoms with E-state index in [2.05, 4.69) is 21.4 Å². The molecule has 1 spiro atoms. The van der Waals surface area contributed by atoms with Crippen LogP contribution >= 0.6 is 0 Å². The van der Waals surface area contributed by atoms with Crippen LogP contribution in [0.1, 0.15) is 48.4 Å². The number of aryl methyl sites for hydroxylation is 3. The van der Waals surface area contributed by atoms with Gasteiger partial charge in [0.25, 0.3) is 0 Å². The lowest BCUT2D eigenvalue weighted by Gasteiger charge is -2.36. The Morgan fingerprint density at radius 1 is 1.29 bits per heavy atom. The summed E-state index contributed by atoms with van der Waals surface area (Å²) in [4.78, 5) is 28.2. The summed E-state index contributed by atoms with van der Waals surface area (Å²) in [6, 6.07) is 3.63. The third kappa shape index (κ3) is 3.89. The first kappa shape index (κ1) is 22.3. The Hall–Kier alpha value is -3.49. The Balaban J connectivity index is 1.33. The number of fused-ring (bicyclic) bond motifs is 1. The van der Waals surface area contributed by atoms with E-state index < -0.39 is 11.7 Å². The summed E-state index contributed by atoms with van der Waals surface area (Å²) in [7, 11) is 1.47. The number of ether oxygens (including phenoxy) is 1. The van der Waals surface area contributed by atoms with E-state index in [4.69, 9.17) is 14.1 Å². The second-order valence-electron chi connectivity index (χ2n) is 9.27. The van der Waals surface area contributed by atoms with Crippen LogP contribution in [0, 0.1) is 19.7 Å². The molecule has 178 valence electrons. The lowest BCUT2D eigenvalue weighted by Crippen LogP contribution is -2.46. The number of carbonyl (C=O) groups excluding carboxylic acids is 1. The molecule has 2 aliphatic rings. The van der Waals surface area contributed by atoms with Crippen LogP contribution in [0.3, 0.4) is 0 Å². The zero-order valence-corrected chi connectivity index (χ0v) is 19.8. The van der Waals surface area contributed by atoms with Gasteiger partial charge in [0.05, 0.1) is 24.8 Å². The fourth-order valence-electron chi connectivity index (χ4n) is 5.03. The maximum Gasteiger partial charge on any atom is 0.230 e. The van der Waals surface area contributed by atoms with Crippen molar-refractivity contribution in [1.82, 2.24) is 19.9 Å². The molecule has 34 heavy (non-hydrogen) atoms. The molecule has 5 rings (SSSR count). The monoisotopic (exact) mass is 465 g/mol. The second-order valence-corrected chi connectivity index (χ2v) is 9.27. The molecule has 2 aliphatic heterocycles. The maximum atomic E-state index is 14.4. The largest absolute Gasteiger partial charge is 0.481 e. The van der Waals surface area contributed by atoms with Gasteiger partial charge >= 0.3 is 0 Å². The number of likely N-dealkylation sites (tertiary alicyclic amines) is 1. The Morgan fingerprint density at radius 3 is 2.85 bits per heavy atom. The van der Waals surface area contributed by atoms with Gasteiger partial charge in [0.1, 0.15) is 23.6 Å². The number of halogens is 1. The van der Waals surface area contributed by atoms with E-state index in [1.165, 1.54) is 13.2 Å². The number of anilines is 1. The highest BCUT2D eigenvalue weighted by Gasteiger charge is 2.43. The number of nitrogens with one attached hydrogen (secondary N) is 1. The normalized spacial score (nSPS) is 20.2. The minimum absolute atomic E-state index is 0.0995. The Morgan fingerprint density at radius 2 is 2.12 bits per heavy atom. The molecule has 1 N–H and O–H groups in total. The zero-order valence-electron chi connectivity index (χ0n) is 19.8. The number of hydrogen-bond donors (Lipinski definition) is 1. The van der Waals surface area contributed by atoms with Gasteiger partial charge in [0, 0.05) is 42.9 Å². The van der Waals surface area contributed by atoms with Crippen LogP contribution in [0.25, 0.3) is 11.3 Å². The van der Waals surface area contributed by atoms with Gasteiger partial charge in [0.2, 0.25) is 11.8 Å². The minimum Gasteiger partial charge on any atom is -0.481 e. The molecule has 0 bridgehead atoms. The highest BCUT2D eigenvalue weighted by atomic mass is 19.1. The number of amides is 1. The second kappa shape index (κ2) is 8.38. The van der Waals surface area contributed by atoms with Gasteiger partial charge < -0.3 is 19.4 Å². The van der Waals surface area contributed by atoms with E-state index in [1.807, 2.05) is 18.7 Å². The van der Waals surface area contributed by atoms with Crippen molar-refractivity contribution >= 4 is 11.7 Å². The molecule has 3 aromatic rings. The number of aromatic nitrogens is 3. The van der Waals surface area contributed by atoms with Crippen LogP contribution in [0.5, 0.6) is 5.88 Å². The van der Waals surface area contributed by atoms with Gasteiger partial charge in [-0.2, -0.15) is 0 Å². The zero-order chi connectivity index (χ0) is 24.0. The number of nitrogens with zero attached hydrogens (tertiary/aromatic N) is 4. The number of carbonyl (C=O) groups is 1. The number of rotatable bonds is 4. The molecule has 1 unspecified atom stereocenters. The third-order valence-electron chi connectivity index (χ3n) is 7.01. The van der Waals surface area contributed by atoms with E-state index >= 15 is 0 Å². The molecule has 5 heterocycles. The van der Waals surface area contributed by atoms with Gasteiger partial charge in [-0.15, -0.1) is 0 Å². The number of oxazole rings is 1. The van der Waals surface area contributed by atoms with Crippen molar-refractivity contribution in [2.75, 3.05) is 25.5 Å². The lowest BCUT2D eigenvalue weighted by molar-refractivity contribution is -0.131. The first-order valence-corrected chi connectivity index (χ1v) is 11.5. The summed E-state index contributed by atoms with van der Waals surface area (Å²) in [5.41, 5.74) is 3.83. The Kier molecular flexibility index (Phi) is 5.50. The topological polar surface area (TPSA) is 93.4 Å². The summed E-state index contributed by atoms with van der Waals surface area (Å²) in [6.45, 7) is 6.69. The molecule has 9 heteroatoms. The van der Waals surface area contributed by atoms with Crippen LogP contribution in [0.2, 0.25) is 0 Å². The van der Waals surface area contributed by atoms with E-state index in [0.29, 0.717) is 30.4 Å². The van der Waals surface area contributed by atoms with Crippen molar-refractivity contribution in [2.45, 2.75) is 51.5 Å². The highest BCUT2D eigenvalue weighted by molar-refractivity contribution is 5.84. The molecule has 1 saturated heterocycles. The van der Waals surface area contributed by atoms with E-state index in [1.54, 1.807) is 13.2 Å². The van der Waals surface area contributed by atoms with Crippen LogP contribution in [0.4, 0.5) is 10.2 Å². The average Bonchev–Trinajstić information content (AvgIpc) is 3.44. The molecule has 0 saturated carbocycles. The molecule has 0 radical (unpaired) electrons. The standard InChI is InChI=1S/C25H28FN5O3/c1-14(18-10-22(33-4)27-11-20(18)26)24(32)31-8-7-25(13-31)6-5-17-9-19(15(2)28-23(17)30-25)21-12-34-16(3)29-21/h9-12,14H,5-8,13H2,1-4H3,(H,28,30)/t14-,25?/m1/s1. The molecule has 0 aliphatic carbocycles. The summed E-state index contributed by atoms with van der Waals surface area (Å²) >= 11 is 0. The first-order chi connectivity index (χ1) is 16.3. The van der Waals surface area contributed by atoms with Crippen molar-refractivity contribution in [3.8, 4) is 17.1 Å². The molecule has 1 fully saturated rings. The van der Waals surface area contributed by atoms with Gasteiger partial charge in [-0.25, -0.2) is 19.3 Å². The van der Waals surface area contributed by atoms with Crippen LogP contribution in [-0.2, 0) is 11.2 Å². The molecule has 0 aromatic carbocycles. The van der Waals surface area contributed by atoms with Gasteiger partial charge in [-0.05, 0) is 44.7 Å². The van der Waals surface area contributed by atoms with Crippen molar-refractivity contribution in [3.63, 3.8) is 0 Å². The molecule has 2 atom stereocenters. The van der Waals surface area contributed by atoms with Crippen molar-refractivity contribution in [1.29, 1.82) is 0 Å². The predicted octanol–water partition coefficient (Wildman–Crippen LogP) is 4.03. The number of hydrogen-bond acceptors (Lipinski definition) is 7. The lowest BCUT2D eigenvalue weighted by atomic mass is 9.86. The van der Waals surface area contributed by atoms with Gasteiger partial charge in [-0.1, -0.05) is 0 Å². The predicted molar refractivity (Wildman–Crippen MR) is 124 cm³/mol. The minimum atomic E-state index is -0.628. The summed E-state index contributed by atoms with van der Waals surface area (Å²) in [6.07, 6.45) is 5.32. The van der Waals surface area contributed by atoms with Crippen LogP contribution in [-0.4, -0.2) is 51.5 Å². The number of pyridine rings is 2. The molecule has 1 amide bonds. The van der Waals surface area contributed by atoms with E-state index in [9.17, 15) is 9.18 Å². The molecular weight excluding hydrogens is 437 g/mol. The fourth-order valence-corrected chi connectivity index (χ4v) is 5.03. The van der Waals surface area contributed by atoms with Crippen molar-refractivity contribution in [2.24, 2.45) is 0 Å². The van der Waals surface area contributed by atoms with Crippen LogP contribution in [0.15, 0.2) is 29.0 Å². The summed E-state index contributed by atoms with van der Waals surface area (Å²) < 4.78 is 24.9. The SMILES string of the molecule is COc1cc([C@@H](C)C(=O)N2CCC3(CCc4cc(-c5coc(C)n5)c(C)nc4N3)C2)c(F)cn1. The van der Waals surface area contributed by atoms with Gasteiger partial charge in [0.15, 0.2) is 5.89 Å². The smallest absolute Gasteiger partial charge is 0.230 e. The third-order valence-corrected chi connectivity index (χ3v) is 7.01. The van der Waals surface area contributed by atoms with Crippen molar-refractivity contribution in [3.05, 3.63) is 53.1 Å². The highest BCUT2D eigenvalue weighted by Crippen LogP contribution is 2.39. The maximum absolute atomic E-state index is 14.4. The molecular formula is C25H28FN5O3.